The highest BCUT2D eigenvalue weighted by atomic mass is 16.2. The van der Waals surface area contributed by atoms with Gasteiger partial charge in [0.25, 0.3) is 0 Å². The maximum absolute atomic E-state index is 11.9. The zero-order valence-corrected chi connectivity index (χ0v) is 13.0. The van der Waals surface area contributed by atoms with Crippen LogP contribution in [0, 0.1) is 0 Å². The van der Waals surface area contributed by atoms with Crippen LogP contribution in [0.2, 0.25) is 0 Å². The molecule has 1 aromatic carbocycles. The van der Waals surface area contributed by atoms with Gasteiger partial charge in [-0.25, -0.2) is 0 Å². The van der Waals surface area contributed by atoms with Crippen LogP contribution in [0.25, 0.3) is 0 Å². The molecule has 0 aromatic heterocycles. The maximum Gasteiger partial charge on any atom is 0.234 e. The van der Waals surface area contributed by atoms with Gasteiger partial charge in [-0.15, -0.1) is 0 Å². The van der Waals surface area contributed by atoms with E-state index in [1.807, 2.05) is 6.07 Å². The number of carbonyl (C=O) groups is 1. The van der Waals surface area contributed by atoms with E-state index in [9.17, 15) is 4.79 Å². The van der Waals surface area contributed by atoms with Crippen molar-refractivity contribution in [1.29, 1.82) is 0 Å². The number of nitrogens with zero attached hydrogens (tertiary/aromatic N) is 1. The number of carbonyl (C=O) groups excluding carboxylic acids is 1. The predicted molar refractivity (Wildman–Crippen MR) is 86.0 cm³/mol. The third-order valence-corrected chi connectivity index (χ3v) is 3.83. The van der Waals surface area contributed by atoms with Crippen LogP contribution in [0.4, 0.5) is 0 Å². The van der Waals surface area contributed by atoms with Crippen molar-refractivity contribution in [3.8, 4) is 0 Å². The second-order valence-corrected chi connectivity index (χ2v) is 5.80. The summed E-state index contributed by atoms with van der Waals surface area (Å²) in [7, 11) is 0. The van der Waals surface area contributed by atoms with Crippen LogP contribution in [0.1, 0.15) is 31.7 Å². The fourth-order valence-corrected chi connectivity index (χ4v) is 2.82. The normalized spacial score (nSPS) is 19.4. The van der Waals surface area contributed by atoms with Crippen molar-refractivity contribution in [2.75, 3.05) is 26.2 Å². The molecule has 0 bridgehead atoms. The first-order valence-electron chi connectivity index (χ1n) is 8.04. The van der Waals surface area contributed by atoms with Gasteiger partial charge in [-0.1, -0.05) is 37.3 Å². The molecule has 2 N–H and O–H groups in total. The first kappa shape index (κ1) is 16.0. The molecule has 116 valence electrons. The zero-order chi connectivity index (χ0) is 14.9. The Kier molecular flexibility index (Phi) is 6.70. The summed E-state index contributed by atoms with van der Waals surface area (Å²) >= 11 is 0. The molecule has 1 fully saturated rings. The maximum atomic E-state index is 11.9. The molecule has 4 heteroatoms. The van der Waals surface area contributed by atoms with E-state index in [2.05, 4.69) is 46.7 Å². The van der Waals surface area contributed by atoms with Crippen LogP contribution in [-0.4, -0.2) is 43.0 Å². The summed E-state index contributed by atoms with van der Waals surface area (Å²) in [5.41, 5.74) is 1.34. The Balaban J connectivity index is 1.74. The van der Waals surface area contributed by atoms with E-state index in [0.29, 0.717) is 12.6 Å². The Bertz CT molecular complexity index is 421. The SMILES string of the molecule is CCCNCC(=O)NC1CCCN(Cc2ccccc2)C1. The molecule has 1 heterocycles. The molecule has 1 saturated heterocycles. The van der Waals surface area contributed by atoms with E-state index in [1.54, 1.807) is 0 Å². The number of piperidine rings is 1. The summed E-state index contributed by atoms with van der Waals surface area (Å²) in [6, 6.07) is 10.8. The van der Waals surface area contributed by atoms with Crippen LogP contribution >= 0.6 is 0 Å². The minimum Gasteiger partial charge on any atom is -0.351 e. The van der Waals surface area contributed by atoms with E-state index < -0.39 is 0 Å². The zero-order valence-electron chi connectivity index (χ0n) is 13.0. The topological polar surface area (TPSA) is 44.4 Å². The van der Waals surface area contributed by atoms with Crippen molar-refractivity contribution in [2.45, 2.75) is 38.8 Å². The second-order valence-electron chi connectivity index (χ2n) is 5.80. The third-order valence-electron chi connectivity index (χ3n) is 3.83. The fourth-order valence-electron chi connectivity index (χ4n) is 2.82. The lowest BCUT2D eigenvalue weighted by Gasteiger charge is -2.33. The molecule has 0 saturated carbocycles. The van der Waals surface area contributed by atoms with Gasteiger partial charge < -0.3 is 10.6 Å². The summed E-state index contributed by atoms with van der Waals surface area (Å²) < 4.78 is 0. The molecule has 4 nitrogen and oxygen atoms in total. The first-order chi connectivity index (χ1) is 10.3. The Morgan fingerprint density at radius 1 is 1.33 bits per heavy atom. The van der Waals surface area contributed by atoms with Gasteiger partial charge in [0.2, 0.25) is 5.91 Å². The van der Waals surface area contributed by atoms with Gasteiger partial charge in [-0.3, -0.25) is 9.69 Å². The van der Waals surface area contributed by atoms with Gasteiger partial charge in [0.05, 0.1) is 6.54 Å². The van der Waals surface area contributed by atoms with Gasteiger partial charge >= 0.3 is 0 Å². The quantitative estimate of drug-likeness (QED) is 0.752. The first-order valence-corrected chi connectivity index (χ1v) is 8.04. The smallest absolute Gasteiger partial charge is 0.234 e. The highest BCUT2D eigenvalue weighted by molar-refractivity contribution is 5.78. The summed E-state index contributed by atoms with van der Waals surface area (Å²) in [4.78, 5) is 14.3. The largest absolute Gasteiger partial charge is 0.351 e. The lowest BCUT2D eigenvalue weighted by atomic mass is 10.0. The molecule has 1 aliphatic rings. The predicted octanol–water partition coefficient (Wildman–Crippen LogP) is 1.77. The number of amides is 1. The van der Waals surface area contributed by atoms with Gasteiger partial charge in [0, 0.05) is 19.1 Å². The highest BCUT2D eigenvalue weighted by Crippen LogP contribution is 2.13. The van der Waals surface area contributed by atoms with Crippen molar-refractivity contribution in [3.05, 3.63) is 35.9 Å². The Labute approximate surface area is 127 Å². The van der Waals surface area contributed by atoms with Crippen LogP contribution in [0.5, 0.6) is 0 Å². The molecule has 21 heavy (non-hydrogen) atoms. The van der Waals surface area contributed by atoms with E-state index in [0.717, 1.165) is 45.4 Å². The van der Waals surface area contributed by atoms with Gasteiger partial charge in [-0.05, 0) is 37.9 Å². The number of rotatable bonds is 7. The second kappa shape index (κ2) is 8.80. The van der Waals surface area contributed by atoms with Crippen LogP contribution in [0.3, 0.4) is 0 Å². The molecule has 2 rings (SSSR count). The van der Waals surface area contributed by atoms with Crippen molar-refractivity contribution in [1.82, 2.24) is 15.5 Å². The fraction of sp³-hybridized carbons (Fsp3) is 0.588. The summed E-state index contributed by atoms with van der Waals surface area (Å²) in [6.07, 6.45) is 3.30. The van der Waals surface area contributed by atoms with Gasteiger partial charge in [0.15, 0.2) is 0 Å². The lowest BCUT2D eigenvalue weighted by molar-refractivity contribution is -0.121. The number of likely N-dealkylation sites (tertiary alicyclic amines) is 1. The summed E-state index contributed by atoms with van der Waals surface area (Å²) in [5, 5.41) is 6.30. The molecule has 0 spiro atoms. The molecule has 1 aliphatic heterocycles. The van der Waals surface area contributed by atoms with Gasteiger partial charge in [-0.2, -0.15) is 0 Å². The van der Waals surface area contributed by atoms with Crippen LogP contribution < -0.4 is 10.6 Å². The molecule has 0 aliphatic carbocycles. The number of benzene rings is 1. The minimum absolute atomic E-state index is 0.120. The molecule has 1 amide bonds. The lowest BCUT2D eigenvalue weighted by Crippen LogP contribution is -2.49. The average molecular weight is 289 g/mol. The highest BCUT2D eigenvalue weighted by Gasteiger charge is 2.21. The van der Waals surface area contributed by atoms with Crippen molar-refractivity contribution in [2.24, 2.45) is 0 Å². The standard InChI is InChI=1S/C17H27N3O/c1-2-10-18-12-17(21)19-16-9-6-11-20(14-16)13-15-7-4-3-5-8-15/h3-5,7-8,16,18H,2,6,9-14H2,1H3,(H,19,21). The Morgan fingerprint density at radius 2 is 2.14 bits per heavy atom. The number of nitrogens with one attached hydrogen (secondary N) is 2. The van der Waals surface area contributed by atoms with Gasteiger partial charge in [0.1, 0.15) is 0 Å². The molecule has 1 atom stereocenters. The summed E-state index contributed by atoms with van der Waals surface area (Å²) in [6.45, 7) is 6.49. The monoisotopic (exact) mass is 289 g/mol. The Hall–Kier alpha value is -1.39. The van der Waals surface area contributed by atoms with E-state index >= 15 is 0 Å². The van der Waals surface area contributed by atoms with Crippen molar-refractivity contribution in [3.63, 3.8) is 0 Å². The minimum atomic E-state index is 0.120. The molecule has 0 radical (unpaired) electrons. The molecular formula is C17H27N3O. The van der Waals surface area contributed by atoms with E-state index in [-0.39, 0.29) is 5.91 Å². The van der Waals surface area contributed by atoms with Crippen LogP contribution in [0.15, 0.2) is 30.3 Å². The molecule has 1 aromatic rings. The van der Waals surface area contributed by atoms with Crippen molar-refractivity contribution >= 4 is 5.91 Å². The molecule has 1 unspecified atom stereocenters. The average Bonchev–Trinajstić information content (AvgIpc) is 2.49. The van der Waals surface area contributed by atoms with E-state index in [4.69, 9.17) is 0 Å². The molecular weight excluding hydrogens is 262 g/mol. The Morgan fingerprint density at radius 3 is 2.90 bits per heavy atom. The summed E-state index contributed by atoms with van der Waals surface area (Å²) in [5.74, 6) is 0.120. The van der Waals surface area contributed by atoms with Crippen LogP contribution in [-0.2, 0) is 11.3 Å². The third kappa shape index (κ3) is 5.86. The number of hydrogen-bond acceptors (Lipinski definition) is 3. The van der Waals surface area contributed by atoms with Crippen molar-refractivity contribution < 1.29 is 4.79 Å². The number of hydrogen-bond donors (Lipinski definition) is 2. The van der Waals surface area contributed by atoms with E-state index in [1.165, 1.54) is 5.56 Å².